The van der Waals surface area contributed by atoms with Crippen molar-refractivity contribution in [2.45, 2.75) is 38.1 Å². The van der Waals surface area contributed by atoms with Crippen molar-refractivity contribution in [2.75, 3.05) is 26.2 Å². The number of pyridine rings is 1. The molecule has 0 aliphatic carbocycles. The Kier molecular flexibility index (Phi) is 5.15. The highest BCUT2D eigenvalue weighted by atomic mass is 16.5. The van der Waals surface area contributed by atoms with E-state index in [0.29, 0.717) is 31.3 Å². The van der Waals surface area contributed by atoms with E-state index >= 15 is 0 Å². The van der Waals surface area contributed by atoms with Crippen LogP contribution >= 0.6 is 0 Å². The lowest BCUT2D eigenvalue weighted by Gasteiger charge is -2.27. The molecule has 7 heteroatoms. The second-order valence-corrected chi connectivity index (χ2v) is 6.93. The maximum atomic E-state index is 12.1. The van der Waals surface area contributed by atoms with E-state index in [1.807, 2.05) is 17.0 Å². The number of rotatable bonds is 7. The van der Waals surface area contributed by atoms with E-state index in [-0.39, 0.29) is 5.91 Å². The summed E-state index contributed by atoms with van der Waals surface area (Å²) in [6, 6.07) is 4.22. The van der Waals surface area contributed by atoms with Crippen molar-refractivity contribution in [3.8, 4) is 17.1 Å². The number of hydrogen-bond donors (Lipinski definition) is 1. The van der Waals surface area contributed by atoms with Crippen molar-refractivity contribution >= 4 is 5.91 Å². The number of carbonyl (C=O) groups is 1. The number of nitrogens with one attached hydrogen (secondary N) is 1. The van der Waals surface area contributed by atoms with Crippen LogP contribution in [0.3, 0.4) is 0 Å². The molecule has 2 aromatic rings. The normalized spacial score (nSPS) is 19.4. The molecule has 0 spiro atoms. The Hall–Kier alpha value is -2.41. The summed E-state index contributed by atoms with van der Waals surface area (Å²) in [5.74, 6) is 1.57. The molecule has 2 saturated heterocycles. The minimum atomic E-state index is 0.203. The topological polar surface area (TPSA) is 80.5 Å². The molecule has 2 aromatic heterocycles. The fourth-order valence-corrected chi connectivity index (χ4v) is 3.25. The van der Waals surface area contributed by atoms with Crippen molar-refractivity contribution in [3.63, 3.8) is 0 Å². The molecule has 2 aliphatic rings. The molecule has 4 rings (SSSR count). The molecule has 1 atom stereocenters. The molecule has 0 saturated carbocycles. The van der Waals surface area contributed by atoms with Crippen LogP contribution in [0.5, 0.6) is 5.75 Å². The van der Waals surface area contributed by atoms with E-state index in [0.717, 1.165) is 55.9 Å². The van der Waals surface area contributed by atoms with Gasteiger partial charge in [-0.1, -0.05) is 5.16 Å². The lowest BCUT2D eigenvalue weighted by molar-refractivity contribution is -0.130. The summed E-state index contributed by atoms with van der Waals surface area (Å²) >= 11 is 0. The lowest BCUT2D eigenvalue weighted by Crippen LogP contribution is -2.46. The summed E-state index contributed by atoms with van der Waals surface area (Å²) in [5.41, 5.74) is 1.62. The summed E-state index contributed by atoms with van der Waals surface area (Å²) in [5, 5.41) is 7.40. The molecular weight excluding hydrogens is 332 g/mol. The van der Waals surface area contributed by atoms with Gasteiger partial charge in [-0.25, -0.2) is 0 Å². The predicted octanol–water partition coefficient (Wildman–Crippen LogP) is 2.03. The number of ether oxygens (including phenoxy) is 1. The molecular formula is C19H24N4O3. The van der Waals surface area contributed by atoms with Crippen LogP contribution < -0.4 is 10.1 Å². The first-order valence-corrected chi connectivity index (χ1v) is 9.33. The number of likely N-dealkylation sites (tertiary alicyclic amines) is 1. The van der Waals surface area contributed by atoms with E-state index in [1.165, 1.54) is 0 Å². The molecule has 26 heavy (non-hydrogen) atoms. The third-order valence-corrected chi connectivity index (χ3v) is 4.99. The van der Waals surface area contributed by atoms with Crippen LogP contribution in [-0.2, 0) is 11.2 Å². The van der Waals surface area contributed by atoms with E-state index in [1.54, 1.807) is 12.4 Å². The Bertz CT molecular complexity index is 751. The van der Waals surface area contributed by atoms with Crippen molar-refractivity contribution < 1.29 is 14.1 Å². The van der Waals surface area contributed by atoms with E-state index < -0.39 is 0 Å². The number of carbonyl (C=O) groups excluding carboxylic acids is 1. The van der Waals surface area contributed by atoms with Gasteiger partial charge in [0.15, 0.2) is 5.76 Å². The minimum Gasteiger partial charge on any atom is -0.490 e. The first-order valence-electron chi connectivity index (χ1n) is 9.33. The molecule has 4 heterocycles. The highest BCUT2D eigenvalue weighted by molar-refractivity contribution is 5.76. The van der Waals surface area contributed by atoms with Gasteiger partial charge in [0.25, 0.3) is 0 Å². The molecule has 0 aromatic carbocycles. The standard InChI is InChI=1S/C19H24N4O3/c24-19(23-7-1-2-8-23)4-3-15-10-18(26-22-15)14-9-17(12-20-11-14)25-13-16-5-6-21-16/h9-12,16,21H,1-8,13H2. The third kappa shape index (κ3) is 4.04. The Labute approximate surface area is 152 Å². The van der Waals surface area contributed by atoms with Gasteiger partial charge in [0.2, 0.25) is 5.91 Å². The predicted molar refractivity (Wildman–Crippen MR) is 95.8 cm³/mol. The van der Waals surface area contributed by atoms with Gasteiger partial charge in [-0.05, 0) is 31.9 Å². The van der Waals surface area contributed by atoms with Crippen LogP contribution in [0.25, 0.3) is 11.3 Å². The van der Waals surface area contributed by atoms with E-state index in [2.05, 4.69) is 15.5 Å². The van der Waals surface area contributed by atoms with Crippen LogP contribution in [0.15, 0.2) is 29.0 Å². The lowest BCUT2D eigenvalue weighted by atomic mass is 10.1. The van der Waals surface area contributed by atoms with Gasteiger partial charge < -0.3 is 19.5 Å². The number of amides is 1. The number of aryl methyl sites for hydroxylation is 1. The first kappa shape index (κ1) is 17.0. The van der Waals surface area contributed by atoms with E-state index in [9.17, 15) is 4.79 Å². The van der Waals surface area contributed by atoms with Crippen LogP contribution in [0.2, 0.25) is 0 Å². The van der Waals surface area contributed by atoms with Gasteiger partial charge in [-0.15, -0.1) is 0 Å². The fraction of sp³-hybridized carbons (Fsp3) is 0.526. The summed E-state index contributed by atoms with van der Waals surface area (Å²) in [6.07, 6.45) is 7.87. The second-order valence-electron chi connectivity index (χ2n) is 6.93. The average molecular weight is 356 g/mol. The SMILES string of the molecule is O=C(CCc1cc(-c2cncc(OCC3CCN3)c2)on1)N1CCCC1. The van der Waals surface area contributed by atoms with Gasteiger partial charge in [-0.2, -0.15) is 0 Å². The highest BCUT2D eigenvalue weighted by Gasteiger charge is 2.19. The van der Waals surface area contributed by atoms with E-state index in [4.69, 9.17) is 9.26 Å². The van der Waals surface area contributed by atoms with Gasteiger partial charge in [-0.3, -0.25) is 9.78 Å². The molecule has 0 radical (unpaired) electrons. The molecule has 1 amide bonds. The Morgan fingerprint density at radius 1 is 1.31 bits per heavy atom. The number of hydrogen-bond acceptors (Lipinski definition) is 6. The summed E-state index contributed by atoms with van der Waals surface area (Å²) in [7, 11) is 0. The maximum Gasteiger partial charge on any atom is 0.222 e. The second kappa shape index (κ2) is 7.86. The molecule has 2 aliphatic heterocycles. The molecule has 7 nitrogen and oxygen atoms in total. The first-order chi connectivity index (χ1) is 12.8. The molecule has 2 fully saturated rings. The van der Waals surface area contributed by atoms with Gasteiger partial charge in [0.05, 0.1) is 11.9 Å². The molecule has 1 unspecified atom stereocenters. The smallest absolute Gasteiger partial charge is 0.222 e. The van der Waals surface area contributed by atoms with Crippen molar-refractivity contribution in [1.29, 1.82) is 0 Å². The molecule has 138 valence electrons. The maximum absolute atomic E-state index is 12.1. The zero-order chi connectivity index (χ0) is 17.8. The molecule has 0 bridgehead atoms. The van der Waals surface area contributed by atoms with Crippen molar-refractivity contribution in [1.82, 2.24) is 20.4 Å². The zero-order valence-electron chi connectivity index (χ0n) is 14.8. The monoisotopic (exact) mass is 356 g/mol. The van der Waals surface area contributed by atoms with Crippen LogP contribution in [0, 0.1) is 0 Å². The van der Waals surface area contributed by atoms with Crippen LogP contribution in [-0.4, -0.2) is 53.2 Å². The quantitative estimate of drug-likeness (QED) is 0.818. The van der Waals surface area contributed by atoms with Gasteiger partial charge in [0.1, 0.15) is 12.4 Å². The van der Waals surface area contributed by atoms with Crippen molar-refractivity contribution in [2.24, 2.45) is 0 Å². The van der Waals surface area contributed by atoms with Crippen molar-refractivity contribution in [3.05, 3.63) is 30.2 Å². The third-order valence-electron chi connectivity index (χ3n) is 4.99. The number of aromatic nitrogens is 2. The van der Waals surface area contributed by atoms with Crippen LogP contribution in [0.4, 0.5) is 0 Å². The number of nitrogens with zero attached hydrogens (tertiary/aromatic N) is 3. The van der Waals surface area contributed by atoms with Gasteiger partial charge in [0, 0.05) is 49.8 Å². The highest BCUT2D eigenvalue weighted by Crippen LogP contribution is 2.24. The Morgan fingerprint density at radius 2 is 2.15 bits per heavy atom. The van der Waals surface area contributed by atoms with Gasteiger partial charge >= 0.3 is 0 Å². The summed E-state index contributed by atoms with van der Waals surface area (Å²) in [4.78, 5) is 18.3. The largest absolute Gasteiger partial charge is 0.490 e. The minimum absolute atomic E-state index is 0.203. The zero-order valence-corrected chi connectivity index (χ0v) is 14.8. The average Bonchev–Trinajstić information content (AvgIpc) is 3.30. The fourth-order valence-electron chi connectivity index (χ4n) is 3.25. The summed E-state index contributed by atoms with van der Waals surface area (Å²) in [6.45, 7) is 3.48. The summed E-state index contributed by atoms with van der Waals surface area (Å²) < 4.78 is 11.2. The Morgan fingerprint density at radius 3 is 2.92 bits per heavy atom. The molecule has 1 N–H and O–H groups in total. The van der Waals surface area contributed by atoms with Crippen LogP contribution in [0.1, 0.15) is 31.4 Å². The Balaban J connectivity index is 1.33.